The van der Waals surface area contributed by atoms with E-state index < -0.39 is 10.0 Å². The smallest absolute Gasteiger partial charge is 0.243 e. The standard InChI is InChI=1S/C21H25FN2O3S/c1-16-12-14-24(15-13-16)28(26,27)19-9-7-18(8-10-19)23-21(25)11-6-17-4-2-3-5-20(17)22/h2-5,7-10,16H,6,11-15H2,1H3,(H,23,25). The van der Waals surface area contributed by atoms with Gasteiger partial charge in [-0.05, 0) is 61.1 Å². The summed E-state index contributed by atoms with van der Waals surface area (Å²) in [4.78, 5) is 12.3. The Morgan fingerprint density at radius 2 is 1.75 bits per heavy atom. The fourth-order valence-electron chi connectivity index (χ4n) is 3.26. The second kappa shape index (κ2) is 8.84. The number of amides is 1. The van der Waals surface area contributed by atoms with Crippen molar-refractivity contribution in [1.29, 1.82) is 0 Å². The molecule has 1 fully saturated rings. The number of benzene rings is 2. The van der Waals surface area contributed by atoms with Crippen LogP contribution in [0.25, 0.3) is 0 Å². The number of nitrogens with one attached hydrogen (secondary N) is 1. The van der Waals surface area contributed by atoms with Crippen molar-refractivity contribution in [3.63, 3.8) is 0 Å². The van der Waals surface area contributed by atoms with Crippen LogP contribution < -0.4 is 5.32 Å². The predicted octanol–water partition coefficient (Wildman–Crippen LogP) is 3.82. The molecule has 7 heteroatoms. The molecule has 28 heavy (non-hydrogen) atoms. The topological polar surface area (TPSA) is 66.5 Å². The summed E-state index contributed by atoms with van der Waals surface area (Å²) in [7, 11) is -3.50. The minimum atomic E-state index is -3.50. The first-order chi connectivity index (χ1) is 13.4. The van der Waals surface area contributed by atoms with Gasteiger partial charge < -0.3 is 5.32 Å². The highest BCUT2D eigenvalue weighted by atomic mass is 32.2. The van der Waals surface area contributed by atoms with Crippen molar-refractivity contribution in [3.8, 4) is 0 Å². The molecular formula is C21H25FN2O3S. The quantitative estimate of drug-likeness (QED) is 0.796. The molecular weight excluding hydrogens is 379 g/mol. The summed E-state index contributed by atoms with van der Waals surface area (Å²) in [6, 6.07) is 12.6. The number of hydrogen-bond donors (Lipinski definition) is 1. The largest absolute Gasteiger partial charge is 0.326 e. The maximum atomic E-state index is 13.6. The van der Waals surface area contributed by atoms with Gasteiger partial charge in [0.1, 0.15) is 5.82 Å². The molecule has 0 bridgehead atoms. The molecule has 0 unspecified atom stereocenters. The lowest BCUT2D eigenvalue weighted by Gasteiger charge is -2.29. The molecule has 1 N–H and O–H groups in total. The van der Waals surface area contributed by atoms with E-state index >= 15 is 0 Å². The van der Waals surface area contributed by atoms with E-state index in [-0.39, 0.29) is 23.0 Å². The van der Waals surface area contributed by atoms with Gasteiger partial charge in [-0.15, -0.1) is 0 Å². The lowest BCUT2D eigenvalue weighted by molar-refractivity contribution is -0.116. The summed E-state index contributed by atoms with van der Waals surface area (Å²) < 4.78 is 40.6. The van der Waals surface area contributed by atoms with Crippen molar-refractivity contribution < 1.29 is 17.6 Å². The van der Waals surface area contributed by atoms with Gasteiger partial charge >= 0.3 is 0 Å². The van der Waals surface area contributed by atoms with E-state index in [1.54, 1.807) is 30.3 Å². The van der Waals surface area contributed by atoms with E-state index in [4.69, 9.17) is 0 Å². The highest BCUT2D eigenvalue weighted by Gasteiger charge is 2.27. The van der Waals surface area contributed by atoms with Crippen LogP contribution >= 0.6 is 0 Å². The summed E-state index contributed by atoms with van der Waals surface area (Å²) in [5.74, 6) is -0.0192. The Labute approximate surface area is 165 Å². The van der Waals surface area contributed by atoms with Crippen LogP contribution in [0.2, 0.25) is 0 Å². The Balaban J connectivity index is 1.58. The molecule has 2 aromatic carbocycles. The van der Waals surface area contributed by atoms with Crippen LogP contribution in [0, 0.1) is 11.7 Å². The van der Waals surface area contributed by atoms with Crippen molar-refractivity contribution in [1.82, 2.24) is 4.31 Å². The van der Waals surface area contributed by atoms with Gasteiger partial charge in [0.05, 0.1) is 4.90 Å². The molecule has 0 aliphatic carbocycles. The summed E-state index contributed by atoms with van der Waals surface area (Å²) in [6.07, 6.45) is 2.19. The van der Waals surface area contributed by atoms with Crippen molar-refractivity contribution in [3.05, 3.63) is 59.9 Å². The number of aryl methyl sites for hydroxylation is 1. The molecule has 2 aromatic rings. The molecule has 1 amide bonds. The first kappa shape index (κ1) is 20.5. The van der Waals surface area contributed by atoms with Gasteiger partial charge in [-0.2, -0.15) is 4.31 Å². The van der Waals surface area contributed by atoms with E-state index in [9.17, 15) is 17.6 Å². The molecule has 0 radical (unpaired) electrons. The molecule has 0 spiro atoms. The highest BCUT2D eigenvalue weighted by Crippen LogP contribution is 2.24. The number of hydrogen-bond acceptors (Lipinski definition) is 3. The number of sulfonamides is 1. The molecule has 5 nitrogen and oxygen atoms in total. The Morgan fingerprint density at radius 3 is 2.39 bits per heavy atom. The predicted molar refractivity (Wildman–Crippen MR) is 107 cm³/mol. The second-order valence-electron chi connectivity index (χ2n) is 7.25. The molecule has 3 rings (SSSR count). The number of rotatable bonds is 6. The lowest BCUT2D eigenvalue weighted by Crippen LogP contribution is -2.37. The normalized spacial score (nSPS) is 16.1. The van der Waals surface area contributed by atoms with Gasteiger partial charge in [-0.25, -0.2) is 12.8 Å². The molecule has 1 saturated heterocycles. The van der Waals surface area contributed by atoms with Gasteiger partial charge in [0, 0.05) is 25.2 Å². The summed E-state index contributed by atoms with van der Waals surface area (Å²) in [5, 5.41) is 2.73. The van der Waals surface area contributed by atoms with Crippen LogP contribution in [0.15, 0.2) is 53.4 Å². The van der Waals surface area contributed by atoms with Crippen LogP contribution in [0.5, 0.6) is 0 Å². The Bertz CT molecular complexity index is 921. The Morgan fingerprint density at radius 1 is 1.11 bits per heavy atom. The SMILES string of the molecule is CC1CCN(S(=O)(=O)c2ccc(NC(=O)CCc3ccccc3F)cc2)CC1. The van der Waals surface area contributed by atoms with Gasteiger partial charge in [0.2, 0.25) is 15.9 Å². The fourth-order valence-corrected chi connectivity index (χ4v) is 4.73. The first-order valence-corrected chi connectivity index (χ1v) is 10.9. The number of nitrogens with zero attached hydrogens (tertiary/aromatic N) is 1. The zero-order valence-corrected chi connectivity index (χ0v) is 16.7. The number of anilines is 1. The molecule has 0 saturated carbocycles. The van der Waals surface area contributed by atoms with Gasteiger partial charge in [0.15, 0.2) is 0 Å². The summed E-state index contributed by atoms with van der Waals surface area (Å²) in [6.45, 7) is 3.21. The Hall–Kier alpha value is -2.25. The minimum Gasteiger partial charge on any atom is -0.326 e. The minimum absolute atomic E-state index is 0.146. The number of carbonyl (C=O) groups is 1. The molecule has 1 heterocycles. The van der Waals surface area contributed by atoms with E-state index in [0.717, 1.165) is 12.8 Å². The maximum Gasteiger partial charge on any atom is 0.243 e. The molecule has 1 aliphatic heterocycles. The average Bonchev–Trinajstić information content (AvgIpc) is 2.68. The van der Waals surface area contributed by atoms with Crippen LogP contribution in [0.1, 0.15) is 31.7 Å². The number of piperidine rings is 1. The second-order valence-corrected chi connectivity index (χ2v) is 9.19. The third kappa shape index (κ3) is 4.97. The molecule has 1 aliphatic rings. The van der Waals surface area contributed by atoms with Crippen molar-refractivity contribution >= 4 is 21.6 Å². The zero-order valence-electron chi connectivity index (χ0n) is 15.9. The monoisotopic (exact) mass is 404 g/mol. The van der Waals surface area contributed by atoms with Crippen LogP contribution in [-0.4, -0.2) is 31.7 Å². The fraction of sp³-hybridized carbons (Fsp3) is 0.381. The zero-order chi connectivity index (χ0) is 20.1. The Kier molecular flexibility index (Phi) is 6.46. The highest BCUT2D eigenvalue weighted by molar-refractivity contribution is 7.89. The van der Waals surface area contributed by atoms with E-state index in [2.05, 4.69) is 12.2 Å². The van der Waals surface area contributed by atoms with E-state index in [1.165, 1.54) is 22.5 Å². The van der Waals surface area contributed by atoms with Gasteiger partial charge in [-0.3, -0.25) is 4.79 Å². The van der Waals surface area contributed by atoms with Crippen LogP contribution in [0.4, 0.5) is 10.1 Å². The maximum absolute atomic E-state index is 13.6. The molecule has 0 atom stereocenters. The summed E-state index contributed by atoms with van der Waals surface area (Å²) >= 11 is 0. The third-order valence-electron chi connectivity index (χ3n) is 5.10. The summed E-state index contributed by atoms with van der Waals surface area (Å²) in [5.41, 5.74) is 1.01. The van der Waals surface area contributed by atoms with Crippen molar-refractivity contribution in [2.75, 3.05) is 18.4 Å². The third-order valence-corrected chi connectivity index (χ3v) is 7.01. The van der Waals surface area contributed by atoms with Gasteiger partial charge in [0.25, 0.3) is 0 Å². The van der Waals surface area contributed by atoms with Crippen LogP contribution in [0.3, 0.4) is 0 Å². The average molecular weight is 405 g/mol. The van der Waals surface area contributed by atoms with E-state index in [1.807, 2.05) is 0 Å². The molecule has 150 valence electrons. The van der Waals surface area contributed by atoms with Crippen molar-refractivity contribution in [2.24, 2.45) is 5.92 Å². The van der Waals surface area contributed by atoms with Gasteiger partial charge in [-0.1, -0.05) is 25.1 Å². The number of carbonyl (C=O) groups excluding carboxylic acids is 1. The lowest BCUT2D eigenvalue weighted by atomic mass is 10.0. The number of halogens is 1. The van der Waals surface area contributed by atoms with Crippen molar-refractivity contribution in [2.45, 2.75) is 37.5 Å². The van der Waals surface area contributed by atoms with Crippen LogP contribution in [-0.2, 0) is 21.2 Å². The first-order valence-electron chi connectivity index (χ1n) is 9.50. The molecule has 0 aromatic heterocycles. The van der Waals surface area contributed by atoms with E-state index in [0.29, 0.717) is 36.7 Å².